The molecular formula is C28H23N5OS. The number of nitrogens with one attached hydrogen (secondary N) is 1. The van der Waals surface area contributed by atoms with Crippen LogP contribution in [0.2, 0.25) is 0 Å². The SMILES string of the molecule is O=C(CSc1nnc(-c2ccncc2)n1-c1ccccc1)NC(c1ccccc1)c1ccccc1. The molecule has 0 aliphatic carbocycles. The van der Waals surface area contributed by atoms with E-state index in [0.29, 0.717) is 11.0 Å². The van der Waals surface area contributed by atoms with E-state index < -0.39 is 0 Å². The van der Waals surface area contributed by atoms with Crippen LogP contribution >= 0.6 is 11.8 Å². The summed E-state index contributed by atoms with van der Waals surface area (Å²) in [4.78, 5) is 17.2. The van der Waals surface area contributed by atoms with E-state index in [1.54, 1.807) is 12.4 Å². The summed E-state index contributed by atoms with van der Waals surface area (Å²) in [7, 11) is 0. The van der Waals surface area contributed by atoms with Gasteiger partial charge in [-0.3, -0.25) is 14.3 Å². The van der Waals surface area contributed by atoms with Crippen LogP contribution in [0.25, 0.3) is 17.1 Å². The molecule has 7 heteroatoms. The van der Waals surface area contributed by atoms with Crippen molar-refractivity contribution in [3.63, 3.8) is 0 Å². The van der Waals surface area contributed by atoms with Gasteiger partial charge in [-0.15, -0.1) is 10.2 Å². The highest BCUT2D eigenvalue weighted by molar-refractivity contribution is 7.99. The number of benzene rings is 3. The average molecular weight is 478 g/mol. The number of nitrogens with zero attached hydrogens (tertiary/aromatic N) is 4. The van der Waals surface area contributed by atoms with Gasteiger partial charge in [0.05, 0.1) is 11.8 Å². The molecule has 172 valence electrons. The maximum absolute atomic E-state index is 13.1. The minimum Gasteiger partial charge on any atom is -0.344 e. The molecule has 1 amide bonds. The number of amides is 1. The van der Waals surface area contributed by atoms with Crippen molar-refractivity contribution in [1.82, 2.24) is 25.1 Å². The molecule has 0 radical (unpaired) electrons. The van der Waals surface area contributed by atoms with Gasteiger partial charge < -0.3 is 5.32 Å². The Balaban J connectivity index is 1.38. The van der Waals surface area contributed by atoms with Gasteiger partial charge in [0.15, 0.2) is 11.0 Å². The molecule has 6 nitrogen and oxygen atoms in total. The number of pyridine rings is 1. The number of rotatable bonds is 8. The van der Waals surface area contributed by atoms with Crippen molar-refractivity contribution in [2.45, 2.75) is 11.2 Å². The Morgan fingerprint density at radius 2 is 1.34 bits per heavy atom. The Hall–Kier alpha value is -4.23. The maximum Gasteiger partial charge on any atom is 0.231 e. The fourth-order valence-corrected chi connectivity index (χ4v) is 4.61. The van der Waals surface area contributed by atoms with E-state index in [9.17, 15) is 4.79 Å². The van der Waals surface area contributed by atoms with Crippen LogP contribution in [0, 0.1) is 0 Å². The number of thioether (sulfide) groups is 1. The number of carbonyl (C=O) groups is 1. The normalized spacial score (nSPS) is 10.9. The van der Waals surface area contributed by atoms with Crippen LogP contribution in [-0.2, 0) is 4.79 Å². The molecule has 0 unspecified atom stereocenters. The van der Waals surface area contributed by atoms with Gasteiger partial charge in [0, 0.05) is 23.6 Å². The Kier molecular flexibility index (Phi) is 6.96. The molecule has 0 bridgehead atoms. The molecule has 0 fully saturated rings. The first kappa shape index (κ1) is 22.6. The zero-order valence-electron chi connectivity index (χ0n) is 18.9. The Morgan fingerprint density at radius 3 is 1.94 bits per heavy atom. The lowest BCUT2D eigenvalue weighted by Crippen LogP contribution is -2.30. The highest BCUT2D eigenvalue weighted by Crippen LogP contribution is 2.28. The minimum absolute atomic E-state index is 0.0826. The molecule has 0 aliphatic rings. The van der Waals surface area contributed by atoms with E-state index >= 15 is 0 Å². The second-order valence-electron chi connectivity index (χ2n) is 7.82. The smallest absolute Gasteiger partial charge is 0.231 e. The van der Waals surface area contributed by atoms with Crippen molar-refractivity contribution in [3.05, 3.63) is 127 Å². The van der Waals surface area contributed by atoms with Crippen LogP contribution in [0.15, 0.2) is 121 Å². The third kappa shape index (κ3) is 5.31. The van der Waals surface area contributed by atoms with Crippen molar-refractivity contribution < 1.29 is 4.79 Å². The van der Waals surface area contributed by atoms with Crippen LogP contribution < -0.4 is 5.32 Å². The van der Waals surface area contributed by atoms with Gasteiger partial charge in [0.2, 0.25) is 5.91 Å². The lowest BCUT2D eigenvalue weighted by Gasteiger charge is -2.20. The molecule has 0 spiro atoms. The quantitative estimate of drug-likeness (QED) is 0.306. The van der Waals surface area contributed by atoms with Crippen LogP contribution in [0.1, 0.15) is 17.2 Å². The highest BCUT2D eigenvalue weighted by Gasteiger charge is 2.20. The maximum atomic E-state index is 13.1. The van der Waals surface area contributed by atoms with E-state index in [0.717, 1.165) is 22.4 Å². The standard InChI is InChI=1S/C28H23N5OS/c34-25(30-26(21-10-4-1-5-11-21)22-12-6-2-7-13-22)20-35-28-32-31-27(23-16-18-29-19-17-23)33(28)24-14-8-3-9-15-24/h1-19,26H,20H2,(H,30,34). The number of hydrogen-bond acceptors (Lipinski definition) is 5. The third-order valence-corrected chi connectivity index (χ3v) is 6.42. The summed E-state index contributed by atoms with van der Waals surface area (Å²) < 4.78 is 1.97. The van der Waals surface area contributed by atoms with E-state index in [-0.39, 0.29) is 17.7 Å². The molecule has 3 aromatic carbocycles. The summed E-state index contributed by atoms with van der Waals surface area (Å²) in [5.41, 5.74) is 3.90. The number of carbonyl (C=O) groups excluding carboxylic acids is 1. The van der Waals surface area contributed by atoms with Crippen LogP contribution in [-0.4, -0.2) is 31.4 Å². The molecule has 5 rings (SSSR count). The lowest BCUT2D eigenvalue weighted by molar-refractivity contribution is -0.119. The minimum atomic E-state index is -0.232. The molecule has 35 heavy (non-hydrogen) atoms. The van der Waals surface area contributed by atoms with E-state index in [4.69, 9.17) is 0 Å². The van der Waals surface area contributed by atoms with Gasteiger partial charge in [-0.1, -0.05) is 90.6 Å². The van der Waals surface area contributed by atoms with Gasteiger partial charge in [0.25, 0.3) is 0 Å². The summed E-state index contributed by atoms with van der Waals surface area (Å²) >= 11 is 1.36. The van der Waals surface area contributed by atoms with Crippen molar-refractivity contribution in [2.75, 3.05) is 5.75 Å². The molecule has 1 N–H and O–H groups in total. The van der Waals surface area contributed by atoms with Crippen molar-refractivity contribution >= 4 is 17.7 Å². The largest absolute Gasteiger partial charge is 0.344 e. The Morgan fingerprint density at radius 1 is 0.771 bits per heavy atom. The van der Waals surface area contributed by atoms with E-state index in [1.165, 1.54) is 11.8 Å². The zero-order valence-corrected chi connectivity index (χ0v) is 19.7. The van der Waals surface area contributed by atoms with Gasteiger partial charge in [0.1, 0.15) is 0 Å². The van der Waals surface area contributed by atoms with Gasteiger partial charge in [-0.2, -0.15) is 0 Å². The van der Waals surface area contributed by atoms with E-state index in [2.05, 4.69) is 20.5 Å². The zero-order chi connectivity index (χ0) is 23.9. The molecule has 0 saturated carbocycles. The van der Waals surface area contributed by atoms with Crippen LogP contribution in [0.3, 0.4) is 0 Å². The van der Waals surface area contributed by atoms with Gasteiger partial charge >= 0.3 is 0 Å². The van der Waals surface area contributed by atoms with Crippen LogP contribution in [0.5, 0.6) is 0 Å². The van der Waals surface area contributed by atoms with Gasteiger partial charge in [-0.05, 0) is 35.4 Å². The van der Waals surface area contributed by atoms with Crippen molar-refractivity contribution in [2.24, 2.45) is 0 Å². The second kappa shape index (κ2) is 10.8. The first-order chi connectivity index (χ1) is 17.3. The molecule has 0 saturated heterocycles. The van der Waals surface area contributed by atoms with E-state index in [1.807, 2.05) is 108 Å². The molecule has 2 aromatic heterocycles. The summed E-state index contributed by atoms with van der Waals surface area (Å²) in [5, 5.41) is 12.7. The molecule has 0 aliphatic heterocycles. The fourth-order valence-electron chi connectivity index (χ4n) is 3.84. The molecule has 5 aromatic rings. The monoisotopic (exact) mass is 477 g/mol. The van der Waals surface area contributed by atoms with Crippen molar-refractivity contribution in [1.29, 1.82) is 0 Å². The number of aromatic nitrogens is 4. The van der Waals surface area contributed by atoms with Gasteiger partial charge in [-0.25, -0.2) is 0 Å². The highest BCUT2D eigenvalue weighted by atomic mass is 32.2. The average Bonchev–Trinajstić information content (AvgIpc) is 3.36. The molecular weight excluding hydrogens is 454 g/mol. The predicted molar refractivity (Wildman–Crippen MR) is 138 cm³/mol. The lowest BCUT2D eigenvalue weighted by atomic mass is 9.99. The molecule has 2 heterocycles. The van der Waals surface area contributed by atoms with Crippen molar-refractivity contribution in [3.8, 4) is 17.1 Å². The fraction of sp³-hybridized carbons (Fsp3) is 0.0714. The Bertz CT molecular complexity index is 1340. The predicted octanol–water partition coefficient (Wildman–Crippen LogP) is 5.33. The van der Waals surface area contributed by atoms with Crippen LogP contribution in [0.4, 0.5) is 0 Å². The number of hydrogen-bond donors (Lipinski definition) is 1. The first-order valence-corrected chi connectivity index (χ1v) is 12.2. The summed E-state index contributed by atoms with van der Waals surface area (Å²) in [6.07, 6.45) is 3.46. The Labute approximate surface area is 208 Å². The second-order valence-corrected chi connectivity index (χ2v) is 8.77. The molecule has 0 atom stereocenters. The first-order valence-electron chi connectivity index (χ1n) is 11.2. The summed E-state index contributed by atoms with van der Waals surface area (Å²) in [6.45, 7) is 0. The third-order valence-electron chi connectivity index (χ3n) is 5.49. The topological polar surface area (TPSA) is 72.7 Å². The summed E-state index contributed by atoms with van der Waals surface area (Å²) in [6, 6.07) is 33.4. The number of para-hydroxylation sites is 1. The summed E-state index contributed by atoms with van der Waals surface area (Å²) in [5.74, 6) is 0.825.